The molecule has 134 valence electrons. The van der Waals surface area contributed by atoms with E-state index in [1.54, 1.807) is 6.20 Å². The second-order valence-electron chi connectivity index (χ2n) is 6.80. The molecular weight excluding hydrogens is 316 g/mol. The van der Waals surface area contributed by atoms with Gasteiger partial charge in [-0.25, -0.2) is 4.79 Å². The van der Waals surface area contributed by atoms with Crippen LogP contribution in [0.4, 0.5) is 4.79 Å². The topological polar surface area (TPSA) is 79.2 Å². The number of aliphatic hydroxyl groups excluding tert-OH is 1. The summed E-state index contributed by atoms with van der Waals surface area (Å²) in [6.45, 7) is 2.66. The number of rotatable bonds is 5. The highest BCUT2D eigenvalue weighted by Crippen LogP contribution is 2.18. The van der Waals surface area contributed by atoms with Crippen LogP contribution in [0.15, 0.2) is 42.7 Å². The summed E-state index contributed by atoms with van der Waals surface area (Å²) in [6.07, 6.45) is 6.73. The highest BCUT2D eigenvalue weighted by atomic mass is 16.3. The second kappa shape index (κ2) is 8.16. The average molecular weight is 342 g/mol. The van der Waals surface area contributed by atoms with E-state index in [2.05, 4.69) is 27.9 Å². The lowest BCUT2D eigenvalue weighted by Gasteiger charge is -2.26. The van der Waals surface area contributed by atoms with Crippen LogP contribution in [0.25, 0.3) is 0 Å². The van der Waals surface area contributed by atoms with Crippen molar-refractivity contribution in [1.82, 2.24) is 20.4 Å². The Bertz CT molecular complexity index is 678. The molecule has 0 spiro atoms. The molecule has 0 saturated heterocycles. The van der Waals surface area contributed by atoms with Crippen molar-refractivity contribution in [1.29, 1.82) is 0 Å². The van der Waals surface area contributed by atoms with E-state index in [0.717, 1.165) is 31.2 Å². The van der Waals surface area contributed by atoms with Gasteiger partial charge in [0.2, 0.25) is 0 Å². The predicted octanol–water partition coefficient (Wildman–Crippen LogP) is 2.60. The summed E-state index contributed by atoms with van der Waals surface area (Å²) in [7, 11) is 0. The largest absolute Gasteiger partial charge is 0.393 e. The van der Waals surface area contributed by atoms with Crippen LogP contribution < -0.4 is 10.6 Å². The van der Waals surface area contributed by atoms with Gasteiger partial charge in [0.1, 0.15) is 0 Å². The van der Waals surface area contributed by atoms with Gasteiger partial charge in [0, 0.05) is 17.8 Å². The number of aromatic nitrogens is 2. The Kier molecular flexibility index (Phi) is 5.71. The summed E-state index contributed by atoms with van der Waals surface area (Å²) >= 11 is 0. The van der Waals surface area contributed by atoms with Crippen LogP contribution in [-0.4, -0.2) is 33.1 Å². The monoisotopic (exact) mass is 342 g/mol. The van der Waals surface area contributed by atoms with Crippen LogP contribution in [0.5, 0.6) is 0 Å². The van der Waals surface area contributed by atoms with Gasteiger partial charge in [0.15, 0.2) is 0 Å². The average Bonchev–Trinajstić information content (AvgIpc) is 3.06. The third-order valence-corrected chi connectivity index (χ3v) is 4.72. The molecule has 0 radical (unpaired) electrons. The Hall–Kier alpha value is -2.34. The molecule has 2 aromatic rings. The summed E-state index contributed by atoms with van der Waals surface area (Å²) in [6, 6.07) is 10.0. The highest BCUT2D eigenvalue weighted by Gasteiger charge is 2.21. The smallest absolute Gasteiger partial charge is 0.315 e. The minimum atomic E-state index is -0.213. The number of amides is 2. The van der Waals surface area contributed by atoms with E-state index in [0.29, 0.717) is 6.54 Å². The van der Waals surface area contributed by atoms with Gasteiger partial charge in [0.05, 0.1) is 24.9 Å². The number of hydrogen-bond donors (Lipinski definition) is 3. The maximum Gasteiger partial charge on any atom is 0.315 e. The van der Waals surface area contributed by atoms with Crippen LogP contribution in [0.2, 0.25) is 0 Å². The van der Waals surface area contributed by atoms with Gasteiger partial charge in [-0.15, -0.1) is 0 Å². The molecule has 1 atom stereocenters. The zero-order chi connectivity index (χ0) is 17.6. The third kappa shape index (κ3) is 5.06. The molecule has 1 aromatic carbocycles. The van der Waals surface area contributed by atoms with E-state index in [1.165, 1.54) is 5.56 Å². The van der Waals surface area contributed by atoms with Gasteiger partial charge in [0.25, 0.3) is 0 Å². The van der Waals surface area contributed by atoms with Crippen molar-refractivity contribution < 1.29 is 9.90 Å². The molecule has 1 aliphatic rings. The third-order valence-electron chi connectivity index (χ3n) is 4.72. The van der Waals surface area contributed by atoms with E-state index in [4.69, 9.17) is 0 Å². The van der Waals surface area contributed by atoms with Crippen LogP contribution in [0.3, 0.4) is 0 Å². The molecule has 1 aliphatic carbocycles. The Morgan fingerprint density at radius 3 is 2.72 bits per heavy atom. The van der Waals surface area contributed by atoms with Crippen LogP contribution in [-0.2, 0) is 6.54 Å². The van der Waals surface area contributed by atoms with E-state index in [9.17, 15) is 9.90 Å². The van der Waals surface area contributed by atoms with Crippen molar-refractivity contribution in [3.05, 3.63) is 53.9 Å². The number of carbonyl (C=O) groups is 1. The number of urea groups is 1. The van der Waals surface area contributed by atoms with Crippen molar-refractivity contribution >= 4 is 6.03 Å². The quantitative estimate of drug-likeness (QED) is 0.781. The normalized spacial score (nSPS) is 21.5. The van der Waals surface area contributed by atoms with Gasteiger partial charge in [-0.3, -0.25) is 4.68 Å². The summed E-state index contributed by atoms with van der Waals surface area (Å²) in [5.41, 5.74) is 2.17. The number of hydrogen-bond acceptors (Lipinski definition) is 3. The summed E-state index contributed by atoms with van der Waals surface area (Å²) in [5.74, 6) is 0. The molecule has 1 fully saturated rings. The van der Waals surface area contributed by atoms with E-state index in [-0.39, 0.29) is 24.2 Å². The summed E-state index contributed by atoms with van der Waals surface area (Å²) < 4.78 is 1.88. The number of nitrogens with one attached hydrogen (secondary N) is 2. The highest BCUT2D eigenvalue weighted by molar-refractivity contribution is 5.74. The number of benzene rings is 1. The maximum absolute atomic E-state index is 12.2. The van der Waals surface area contributed by atoms with Gasteiger partial charge >= 0.3 is 6.03 Å². The van der Waals surface area contributed by atoms with Gasteiger partial charge in [-0.05, 0) is 38.2 Å². The van der Waals surface area contributed by atoms with Crippen molar-refractivity contribution in [2.75, 3.05) is 0 Å². The Morgan fingerprint density at radius 2 is 2.00 bits per heavy atom. The van der Waals surface area contributed by atoms with Crippen LogP contribution in [0, 0.1) is 0 Å². The molecule has 1 saturated carbocycles. The maximum atomic E-state index is 12.2. The molecule has 0 aliphatic heterocycles. The number of aliphatic hydroxyl groups is 1. The summed E-state index contributed by atoms with van der Waals surface area (Å²) in [5, 5.41) is 19.9. The lowest BCUT2D eigenvalue weighted by molar-refractivity contribution is 0.117. The molecule has 1 heterocycles. The lowest BCUT2D eigenvalue weighted by atomic mass is 9.93. The second-order valence-corrected chi connectivity index (χ2v) is 6.80. The van der Waals surface area contributed by atoms with Crippen LogP contribution >= 0.6 is 0 Å². The van der Waals surface area contributed by atoms with Gasteiger partial charge < -0.3 is 15.7 Å². The van der Waals surface area contributed by atoms with E-state index >= 15 is 0 Å². The van der Waals surface area contributed by atoms with Gasteiger partial charge in [-0.2, -0.15) is 5.10 Å². The minimum Gasteiger partial charge on any atom is -0.393 e. The Morgan fingerprint density at radius 1 is 1.28 bits per heavy atom. The SMILES string of the molecule is C[C@H](NC(=O)NC1CCC(O)CC1)c1cnn(Cc2ccccc2)c1. The molecule has 6 nitrogen and oxygen atoms in total. The standard InChI is InChI=1S/C19H26N4O2/c1-14(21-19(25)22-17-7-9-18(24)10-8-17)16-11-20-23(13-16)12-15-5-3-2-4-6-15/h2-6,11,13-14,17-18,24H,7-10,12H2,1H3,(H2,21,22,25)/t14-,17?,18?/m0/s1. The van der Waals surface area contributed by atoms with Crippen molar-refractivity contribution in [2.24, 2.45) is 0 Å². The van der Waals surface area contributed by atoms with Crippen molar-refractivity contribution in [2.45, 2.75) is 57.3 Å². The van der Waals surface area contributed by atoms with E-state index < -0.39 is 0 Å². The van der Waals surface area contributed by atoms with Crippen LogP contribution in [0.1, 0.15) is 49.8 Å². The molecule has 6 heteroatoms. The molecule has 1 aromatic heterocycles. The fourth-order valence-electron chi connectivity index (χ4n) is 3.19. The fourth-order valence-corrected chi connectivity index (χ4v) is 3.19. The van der Waals surface area contributed by atoms with Gasteiger partial charge in [-0.1, -0.05) is 30.3 Å². The molecular formula is C19H26N4O2. The summed E-state index contributed by atoms with van der Waals surface area (Å²) in [4.78, 5) is 12.2. The molecule has 3 N–H and O–H groups in total. The zero-order valence-electron chi connectivity index (χ0n) is 14.6. The first-order chi connectivity index (χ1) is 12.1. The minimum absolute atomic E-state index is 0.112. The van der Waals surface area contributed by atoms with Crippen molar-refractivity contribution in [3.8, 4) is 0 Å². The first kappa shape index (κ1) is 17.5. The molecule has 0 bridgehead atoms. The fraction of sp³-hybridized carbons (Fsp3) is 0.474. The van der Waals surface area contributed by atoms with Crippen molar-refractivity contribution in [3.63, 3.8) is 0 Å². The van der Waals surface area contributed by atoms with E-state index in [1.807, 2.05) is 36.0 Å². The molecule has 3 rings (SSSR count). The number of nitrogens with zero attached hydrogens (tertiary/aromatic N) is 2. The first-order valence-corrected chi connectivity index (χ1v) is 8.91. The lowest BCUT2D eigenvalue weighted by Crippen LogP contribution is -2.44. The first-order valence-electron chi connectivity index (χ1n) is 8.91. The predicted molar refractivity (Wildman–Crippen MR) is 96.1 cm³/mol. The Labute approximate surface area is 148 Å². The zero-order valence-corrected chi connectivity index (χ0v) is 14.6. The number of carbonyl (C=O) groups excluding carboxylic acids is 1. The molecule has 2 amide bonds. The molecule has 0 unspecified atom stereocenters. The molecule has 25 heavy (non-hydrogen) atoms. The Balaban J connectivity index is 1.49.